The van der Waals surface area contributed by atoms with Crippen LogP contribution in [0.4, 0.5) is 5.69 Å². The second kappa shape index (κ2) is 6.71. The first kappa shape index (κ1) is 16.0. The van der Waals surface area contributed by atoms with Gasteiger partial charge in [-0.05, 0) is 49.4 Å². The van der Waals surface area contributed by atoms with Crippen molar-refractivity contribution in [1.82, 2.24) is 4.98 Å². The van der Waals surface area contributed by atoms with E-state index < -0.39 is 0 Å². The Balaban J connectivity index is 1.70. The number of carbonyl (C=O) groups excluding carboxylic acids is 1. The summed E-state index contributed by atoms with van der Waals surface area (Å²) in [5, 5.41) is 3.89. The molecule has 0 atom stereocenters. The van der Waals surface area contributed by atoms with E-state index in [1.54, 1.807) is 0 Å². The molecule has 24 heavy (non-hydrogen) atoms. The van der Waals surface area contributed by atoms with Gasteiger partial charge in [-0.15, -0.1) is 0 Å². The number of nitrogens with one attached hydrogen (secondary N) is 2. The number of anilines is 1. The summed E-state index contributed by atoms with van der Waals surface area (Å²) in [4.78, 5) is 27.1. The van der Waals surface area contributed by atoms with Gasteiger partial charge in [-0.25, -0.2) is 0 Å². The smallest absolute Gasteiger partial charge is 0.251 e. The molecule has 0 radical (unpaired) electrons. The van der Waals surface area contributed by atoms with Crippen LogP contribution in [0.1, 0.15) is 23.1 Å². The highest BCUT2D eigenvalue weighted by atomic mass is 16.1. The van der Waals surface area contributed by atoms with Gasteiger partial charge in [0.15, 0.2) is 0 Å². The molecule has 0 aliphatic carbocycles. The SMILES string of the molecule is Cc1ccc(NC(=O)CCc2cc3ccccc3[nH]c2=O)c(C)c1. The Morgan fingerprint density at radius 3 is 2.67 bits per heavy atom. The second-order valence-corrected chi connectivity index (χ2v) is 6.08. The van der Waals surface area contributed by atoms with Crippen molar-refractivity contribution in [2.24, 2.45) is 0 Å². The van der Waals surface area contributed by atoms with Gasteiger partial charge < -0.3 is 10.3 Å². The molecule has 0 saturated heterocycles. The Bertz CT molecular complexity index is 957. The lowest BCUT2D eigenvalue weighted by Gasteiger charge is -2.09. The summed E-state index contributed by atoms with van der Waals surface area (Å²) >= 11 is 0. The molecule has 1 heterocycles. The minimum absolute atomic E-state index is 0.0884. The van der Waals surface area contributed by atoms with E-state index in [9.17, 15) is 9.59 Å². The highest BCUT2D eigenvalue weighted by Crippen LogP contribution is 2.17. The number of hydrogen-bond donors (Lipinski definition) is 2. The van der Waals surface area contributed by atoms with Crippen LogP contribution >= 0.6 is 0 Å². The molecule has 2 N–H and O–H groups in total. The van der Waals surface area contributed by atoms with Crippen molar-refractivity contribution in [3.8, 4) is 0 Å². The van der Waals surface area contributed by atoms with Gasteiger partial charge in [-0.1, -0.05) is 35.9 Å². The van der Waals surface area contributed by atoms with Crippen LogP contribution in [0.2, 0.25) is 0 Å². The number of rotatable bonds is 4. The highest BCUT2D eigenvalue weighted by Gasteiger charge is 2.08. The predicted octanol–water partition coefficient (Wildman–Crippen LogP) is 3.72. The minimum atomic E-state index is -0.131. The summed E-state index contributed by atoms with van der Waals surface area (Å²) < 4.78 is 0. The summed E-state index contributed by atoms with van der Waals surface area (Å²) in [6, 6.07) is 15.4. The van der Waals surface area contributed by atoms with Gasteiger partial charge in [0.1, 0.15) is 0 Å². The van der Waals surface area contributed by atoms with E-state index in [4.69, 9.17) is 0 Å². The maximum Gasteiger partial charge on any atom is 0.251 e. The van der Waals surface area contributed by atoms with E-state index in [-0.39, 0.29) is 17.9 Å². The number of benzene rings is 2. The van der Waals surface area contributed by atoms with Crippen LogP contribution in [-0.2, 0) is 11.2 Å². The van der Waals surface area contributed by atoms with Crippen molar-refractivity contribution >= 4 is 22.5 Å². The van der Waals surface area contributed by atoms with Gasteiger partial charge in [-0.3, -0.25) is 9.59 Å². The highest BCUT2D eigenvalue weighted by molar-refractivity contribution is 5.91. The maximum absolute atomic E-state index is 12.2. The van der Waals surface area contributed by atoms with Gasteiger partial charge in [0.05, 0.1) is 0 Å². The number of amides is 1. The fourth-order valence-electron chi connectivity index (χ4n) is 2.79. The Morgan fingerprint density at radius 1 is 1.08 bits per heavy atom. The zero-order valence-electron chi connectivity index (χ0n) is 13.8. The lowest BCUT2D eigenvalue weighted by atomic mass is 10.1. The number of hydrogen-bond acceptors (Lipinski definition) is 2. The monoisotopic (exact) mass is 320 g/mol. The number of fused-ring (bicyclic) bond motifs is 1. The lowest BCUT2D eigenvalue weighted by molar-refractivity contribution is -0.116. The number of aryl methyl sites for hydroxylation is 3. The molecule has 0 saturated carbocycles. The van der Waals surface area contributed by atoms with Crippen molar-refractivity contribution in [2.45, 2.75) is 26.7 Å². The molecule has 0 aliphatic rings. The number of para-hydroxylation sites is 1. The minimum Gasteiger partial charge on any atom is -0.326 e. The van der Waals surface area contributed by atoms with Crippen LogP contribution in [-0.4, -0.2) is 10.9 Å². The van der Waals surface area contributed by atoms with Crippen molar-refractivity contribution in [1.29, 1.82) is 0 Å². The number of aromatic amines is 1. The lowest BCUT2D eigenvalue weighted by Crippen LogP contribution is -2.17. The van der Waals surface area contributed by atoms with Gasteiger partial charge in [0.2, 0.25) is 5.91 Å². The van der Waals surface area contributed by atoms with Crippen molar-refractivity contribution in [3.05, 3.63) is 75.6 Å². The van der Waals surface area contributed by atoms with E-state index in [2.05, 4.69) is 10.3 Å². The van der Waals surface area contributed by atoms with Crippen LogP contribution in [0.5, 0.6) is 0 Å². The molecular formula is C20H20N2O2. The molecule has 0 spiro atoms. The first-order valence-electron chi connectivity index (χ1n) is 8.01. The molecular weight excluding hydrogens is 300 g/mol. The summed E-state index contributed by atoms with van der Waals surface area (Å²) in [7, 11) is 0. The molecule has 1 amide bonds. The average Bonchev–Trinajstić information content (AvgIpc) is 2.55. The topological polar surface area (TPSA) is 62.0 Å². The van der Waals surface area contributed by atoms with Crippen molar-refractivity contribution < 1.29 is 4.79 Å². The normalized spacial score (nSPS) is 10.8. The number of aromatic nitrogens is 1. The van der Waals surface area contributed by atoms with Gasteiger partial charge in [-0.2, -0.15) is 0 Å². The molecule has 122 valence electrons. The largest absolute Gasteiger partial charge is 0.326 e. The summed E-state index contributed by atoms with van der Waals surface area (Å²) in [5.41, 5.74) is 4.32. The average molecular weight is 320 g/mol. The van der Waals surface area contributed by atoms with E-state index in [0.29, 0.717) is 12.0 Å². The summed E-state index contributed by atoms with van der Waals surface area (Å²) in [6.07, 6.45) is 0.686. The predicted molar refractivity (Wildman–Crippen MR) is 97.4 cm³/mol. The van der Waals surface area contributed by atoms with E-state index in [0.717, 1.165) is 27.7 Å². The Hall–Kier alpha value is -2.88. The van der Waals surface area contributed by atoms with Crippen LogP contribution in [0.25, 0.3) is 10.9 Å². The number of H-pyrrole nitrogens is 1. The molecule has 0 aliphatic heterocycles. The molecule has 3 rings (SSSR count). The Labute approximate surface area is 140 Å². The standard InChI is InChI=1S/C20H20N2O2/c1-13-7-9-17(14(2)11-13)21-19(23)10-8-16-12-15-5-3-4-6-18(15)22-20(16)24/h3-7,9,11-12H,8,10H2,1-2H3,(H,21,23)(H,22,24). The third kappa shape index (κ3) is 3.54. The maximum atomic E-state index is 12.2. The van der Waals surface area contributed by atoms with Gasteiger partial charge in [0.25, 0.3) is 5.56 Å². The fourth-order valence-corrected chi connectivity index (χ4v) is 2.79. The van der Waals surface area contributed by atoms with Crippen LogP contribution in [0, 0.1) is 13.8 Å². The third-order valence-electron chi connectivity index (χ3n) is 4.11. The summed E-state index contributed by atoms with van der Waals surface area (Å²) in [5.74, 6) is -0.0884. The van der Waals surface area contributed by atoms with Crippen molar-refractivity contribution in [2.75, 3.05) is 5.32 Å². The van der Waals surface area contributed by atoms with Gasteiger partial charge >= 0.3 is 0 Å². The first-order valence-corrected chi connectivity index (χ1v) is 8.01. The number of carbonyl (C=O) groups is 1. The quantitative estimate of drug-likeness (QED) is 0.769. The molecule has 1 aromatic heterocycles. The Morgan fingerprint density at radius 2 is 1.88 bits per heavy atom. The molecule has 3 aromatic rings. The van der Waals surface area contributed by atoms with E-state index in [1.165, 1.54) is 0 Å². The first-order chi connectivity index (χ1) is 11.5. The zero-order chi connectivity index (χ0) is 17.1. The van der Waals surface area contributed by atoms with Crippen LogP contribution < -0.4 is 10.9 Å². The Kier molecular flexibility index (Phi) is 4.47. The molecule has 0 unspecified atom stereocenters. The summed E-state index contributed by atoms with van der Waals surface area (Å²) in [6.45, 7) is 3.99. The molecule has 2 aromatic carbocycles. The zero-order valence-corrected chi connectivity index (χ0v) is 13.8. The molecule has 4 heteroatoms. The molecule has 0 fully saturated rings. The molecule has 0 bridgehead atoms. The second-order valence-electron chi connectivity index (χ2n) is 6.08. The van der Waals surface area contributed by atoms with Crippen LogP contribution in [0.3, 0.4) is 0 Å². The van der Waals surface area contributed by atoms with E-state index in [1.807, 2.05) is 62.4 Å². The number of pyridine rings is 1. The fraction of sp³-hybridized carbons (Fsp3) is 0.200. The van der Waals surface area contributed by atoms with Crippen LogP contribution in [0.15, 0.2) is 53.3 Å². The van der Waals surface area contributed by atoms with Crippen molar-refractivity contribution in [3.63, 3.8) is 0 Å². The van der Waals surface area contributed by atoms with Gasteiger partial charge in [0, 0.05) is 23.2 Å². The van der Waals surface area contributed by atoms with E-state index >= 15 is 0 Å². The molecule has 4 nitrogen and oxygen atoms in total. The third-order valence-corrected chi connectivity index (χ3v) is 4.11.